The lowest BCUT2D eigenvalue weighted by atomic mass is 10.1. The third-order valence-electron chi connectivity index (χ3n) is 4.34. The summed E-state index contributed by atoms with van der Waals surface area (Å²) < 4.78 is 16.2. The van der Waals surface area contributed by atoms with Gasteiger partial charge < -0.3 is 13.9 Å². The lowest BCUT2D eigenvalue weighted by molar-refractivity contribution is 0.0322. The lowest BCUT2D eigenvalue weighted by Gasteiger charge is -2.26. The Kier molecular flexibility index (Phi) is 7.01. The number of ether oxygens (including phenoxy) is 2. The zero-order valence-electron chi connectivity index (χ0n) is 15.5. The summed E-state index contributed by atoms with van der Waals surface area (Å²) in [6, 6.07) is 11.0. The summed E-state index contributed by atoms with van der Waals surface area (Å²) in [7, 11) is 0. The van der Waals surface area contributed by atoms with E-state index < -0.39 is 0 Å². The molecule has 1 aliphatic rings. The summed E-state index contributed by atoms with van der Waals surface area (Å²) in [6.07, 6.45) is 2.15. The van der Waals surface area contributed by atoms with Crippen molar-refractivity contribution in [3.8, 4) is 5.75 Å². The van der Waals surface area contributed by atoms with E-state index in [1.165, 1.54) is 6.26 Å². The Morgan fingerprint density at radius 1 is 1.22 bits per heavy atom. The molecule has 0 radical (unpaired) electrons. The first-order valence-electron chi connectivity index (χ1n) is 9.20. The zero-order valence-corrected chi connectivity index (χ0v) is 15.5. The van der Waals surface area contributed by atoms with Crippen molar-refractivity contribution in [1.29, 1.82) is 0 Å². The Bertz CT molecular complexity index is 735. The number of carbonyl (C=O) groups excluding carboxylic acids is 1. The maximum absolute atomic E-state index is 11.9. The molecule has 0 atom stereocenters. The highest BCUT2D eigenvalue weighted by molar-refractivity contribution is 6.01. The van der Waals surface area contributed by atoms with Crippen molar-refractivity contribution >= 4 is 11.6 Å². The number of benzene rings is 1. The molecule has 0 bridgehead atoms. The Morgan fingerprint density at radius 3 is 2.67 bits per heavy atom. The van der Waals surface area contributed by atoms with Crippen molar-refractivity contribution in [3.05, 3.63) is 54.0 Å². The number of morpholine rings is 1. The molecule has 7 heteroatoms. The minimum atomic E-state index is -0.367. The van der Waals surface area contributed by atoms with Gasteiger partial charge in [0.05, 0.1) is 25.2 Å². The van der Waals surface area contributed by atoms with Crippen LogP contribution in [-0.2, 0) is 4.74 Å². The van der Waals surface area contributed by atoms with E-state index >= 15 is 0 Å². The normalized spacial score (nSPS) is 15.5. The standard InChI is InChI=1S/C20H25N3O4/c1-2-18(21-22-20(24)19-4-3-12-27-19)16-5-7-17(8-6-16)26-15-11-23-9-13-25-14-10-23/h3-8,12H,2,9-11,13-15H2,1H3,(H,22,24)/b21-18-. The molecule has 2 heterocycles. The van der Waals surface area contributed by atoms with Gasteiger partial charge in [-0.05, 0) is 48.4 Å². The van der Waals surface area contributed by atoms with Crippen molar-refractivity contribution in [2.45, 2.75) is 13.3 Å². The van der Waals surface area contributed by atoms with Gasteiger partial charge in [-0.3, -0.25) is 9.69 Å². The van der Waals surface area contributed by atoms with Gasteiger partial charge in [0.15, 0.2) is 5.76 Å². The van der Waals surface area contributed by atoms with Crippen molar-refractivity contribution in [2.75, 3.05) is 39.5 Å². The van der Waals surface area contributed by atoms with Crippen LogP contribution in [0.25, 0.3) is 0 Å². The number of nitrogens with one attached hydrogen (secondary N) is 1. The number of nitrogens with zero attached hydrogens (tertiary/aromatic N) is 2. The predicted octanol–water partition coefficient (Wildman–Crippen LogP) is 2.53. The minimum absolute atomic E-state index is 0.234. The highest BCUT2D eigenvalue weighted by Crippen LogP contribution is 2.14. The molecule has 2 aromatic rings. The fourth-order valence-corrected chi connectivity index (χ4v) is 2.79. The Hall–Kier alpha value is -2.64. The molecule has 1 fully saturated rings. The molecule has 1 aromatic heterocycles. The summed E-state index contributed by atoms with van der Waals surface area (Å²) in [4.78, 5) is 14.3. The van der Waals surface area contributed by atoms with Gasteiger partial charge in [-0.15, -0.1) is 0 Å². The second-order valence-corrected chi connectivity index (χ2v) is 6.16. The van der Waals surface area contributed by atoms with E-state index in [4.69, 9.17) is 13.9 Å². The molecule has 27 heavy (non-hydrogen) atoms. The topological polar surface area (TPSA) is 76.3 Å². The summed E-state index contributed by atoms with van der Waals surface area (Å²) in [5.74, 6) is 0.689. The fourth-order valence-electron chi connectivity index (χ4n) is 2.79. The second-order valence-electron chi connectivity index (χ2n) is 6.16. The quantitative estimate of drug-likeness (QED) is 0.570. The van der Waals surface area contributed by atoms with E-state index in [1.54, 1.807) is 12.1 Å². The number of rotatable bonds is 8. The summed E-state index contributed by atoms with van der Waals surface area (Å²) in [6.45, 7) is 7.04. The van der Waals surface area contributed by atoms with Crippen LogP contribution in [0.4, 0.5) is 0 Å². The van der Waals surface area contributed by atoms with Crippen LogP contribution in [0.2, 0.25) is 0 Å². The average Bonchev–Trinajstić information content (AvgIpc) is 3.25. The monoisotopic (exact) mass is 371 g/mol. The predicted molar refractivity (Wildman–Crippen MR) is 102 cm³/mol. The maximum Gasteiger partial charge on any atom is 0.307 e. The van der Waals surface area contributed by atoms with E-state index in [0.717, 1.165) is 49.9 Å². The first-order valence-corrected chi connectivity index (χ1v) is 9.20. The molecule has 144 valence electrons. The van der Waals surface area contributed by atoms with Gasteiger partial charge in [0.2, 0.25) is 0 Å². The lowest BCUT2D eigenvalue weighted by Crippen LogP contribution is -2.38. The van der Waals surface area contributed by atoms with Crippen LogP contribution < -0.4 is 10.2 Å². The van der Waals surface area contributed by atoms with Crippen LogP contribution in [0.1, 0.15) is 29.5 Å². The fraction of sp³-hybridized carbons (Fsp3) is 0.400. The van der Waals surface area contributed by atoms with E-state index in [1.807, 2.05) is 31.2 Å². The molecule has 1 N–H and O–H groups in total. The van der Waals surface area contributed by atoms with Crippen LogP contribution in [0.15, 0.2) is 52.2 Å². The molecule has 0 unspecified atom stereocenters. The van der Waals surface area contributed by atoms with Crippen LogP contribution >= 0.6 is 0 Å². The van der Waals surface area contributed by atoms with Crippen LogP contribution in [0.5, 0.6) is 5.75 Å². The molecule has 0 saturated carbocycles. The highest BCUT2D eigenvalue weighted by atomic mass is 16.5. The molecule has 1 aromatic carbocycles. The molecule has 3 rings (SSSR count). The zero-order chi connectivity index (χ0) is 18.9. The first-order chi connectivity index (χ1) is 13.3. The van der Waals surface area contributed by atoms with Gasteiger partial charge in [0.1, 0.15) is 12.4 Å². The highest BCUT2D eigenvalue weighted by Gasteiger charge is 2.10. The van der Waals surface area contributed by atoms with Gasteiger partial charge >= 0.3 is 5.91 Å². The van der Waals surface area contributed by atoms with Crippen molar-refractivity contribution < 1.29 is 18.7 Å². The molecular weight excluding hydrogens is 346 g/mol. The third kappa shape index (κ3) is 5.67. The SMILES string of the molecule is CC/C(=N/NC(=O)c1ccco1)c1ccc(OCCN2CCOCC2)cc1. The summed E-state index contributed by atoms with van der Waals surface area (Å²) in [5, 5.41) is 4.22. The van der Waals surface area contributed by atoms with Crippen LogP contribution in [0, 0.1) is 0 Å². The largest absolute Gasteiger partial charge is 0.492 e. The van der Waals surface area contributed by atoms with Gasteiger partial charge in [-0.1, -0.05) is 6.92 Å². The Labute approximate surface area is 158 Å². The van der Waals surface area contributed by atoms with Gasteiger partial charge in [-0.25, -0.2) is 5.43 Å². The van der Waals surface area contributed by atoms with Crippen molar-refractivity contribution in [2.24, 2.45) is 5.10 Å². The van der Waals surface area contributed by atoms with E-state index in [0.29, 0.717) is 13.0 Å². The summed E-state index contributed by atoms with van der Waals surface area (Å²) >= 11 is 0. The van der Waals surface area contributed by atoms with Crippen molar-refractivity contribution in [1.82, 2.24) is 10.3 Å². The van der Waals surface area contributed by atoms with Gasteiger partial charge in [0, 0.05) is 19.6 Å². The molecule has 0 spiro atoms. The smallest absolute Gasteiger partial charge is 0.307 e. The van der Waals surface area contributed by atoms with Gasteiger partial charge in [0.25, 0.3) is 0 Å². The molecule has 0 aliphatic carbocycles. The number of carbonyl (C=O) groups is 1. The van der Waals surface area contributed by atoms with E-state index in [9.17, 15) is 4.79 Å². The third-order valence-corrected chi connectivity index (χ3v) is 4.34. The van der Waals surface area contributed by atoms with Crippen molar-refractivity contribution in [3.63, 3.8) is 0 Å². The van der Waals surface area contributed by atoms with Crippen LogP contribution in [0.3, 0.4) is 0 Å². The van der Waals surface area contributed by atoms with E-state index in [-0.39, 0.29) is 11.7 Å². The maximum atomic E-state index is 11.9. The van der Waals surface area contributed by atoms with E-state index in [2.05, 4.69) is 15.4 Å². The number of hydrazone groups is 1. The molecule has 7 nitrogen and oxygen atoms in total. The molecular formula is C20H25N3O4. The number of hydrogen-bond acceptors (Lipinski definition) is 6. The number of furan rings is 1. The second kappa shape index (κ2) is 9.89. The molecule has 1 amide bonds. The molecule has 1 aliphatic heterocycles. The van der Waals surface area contributed by atoms with Gasteiger partial charge in [-0.2, -0.15) is 5.10 Å². The van der Waals surface area contributed by atoms with Crippen LogP contribution in [-0.4, -0.2) is 56.0 Å². The Balaban J connectivity index is 1.51. The summed E-state index contributed by atoms with van der Waals surface area (Å²) in [5.41, 5.74) is 4.26. The number of amides is 1. The minimum Gasteiger partial charge on any atom is -0.492 e. The average molecular weight is 371 g/mol. The molecule has 1 saturated heterocycles. The Morgan fingerprint density at radius 2 is 2.00 bits per heavy atom. The number of hydrogen-bond donors (Lipinski definition) is 1. The first kappa shape index (κ1) is 19.1.